The molecule has 0 spiro atoms. The van der Waals surface area contributed by atoms with Crippen molar-refractivity contribution < 1.29 is 13.6 Å². The molecule has 0 aliphatic rings. The largest absolute Gasteiger partial charge is 0.368 e. The number of nitrogens with one attached hydrogen (secondary N) is 2. The van der Waals surface area contributed by atoms with Crippen molar-refractivity contribution >= 4 is 11.7 Å². The second kappa shape index (κ2) is 7.47. The van der Waals surface area contributed by atoms with Crippen molar-refractivity contribution in [2.75, 3.05) is 18.4 Å². The first kappa shape index (κ1) is 16.5. The quantitative estimate of drug-likeness (QED) is 0.666. The van der Waals surface area contributed by atoms with Crippen LogP contribution in [0.2, 0.25) is 0 Å². The second-order valence-electron chi connectivity index (χ2n) is 5.02. The minimum atomic E-state index is -0.898. The van der Waals surface area contributed by atoms with Crippen LogP contribution in [0.5, 0.6) is 0 Å². The Morgan fingerprint density at radius 1 is 1.16 bits per heavy atom. The van der Waals surface area contributed by atoms with E-state index in [4.69, 9.17) is 0 Å². The summed E-state index contributed by atoms with van der Waals surface area (Å²) in [6.07, 6.45) is 4.79. The molecule has 25 heavy (non-hydrogen) atoms. The van der Waals surface area contributed by atoms with E-state index in [2.05, 4.69) is 25.7 Å². The molecule has 1 aromatic carbocycles. The van der Waals surface area contributed by atoms with Crippen LogP contribution in [-0.4, -0.2) is 38.7 Å². The number of carbonyl (C=O) groups excluding carboxylic acids is 1. The maximum Gasteiger partial charge on any atom is 0.254 e. The molecule has 0 aliphatic carbocycles. The molecule has 0 bridgehead atoms. The zero-order valence-corrected chi connectivity index (χ0v) is 13.0. The lowest BCUT2D eigenvalue weighted by molar-refractivity contribution is 0.0951. The number of hydrogen-bond acceptors (Lipinski definition) is 5. The molecule has 0 saturated heterocycles. The van der Waals surface area contributed by atoms with Gasteiger partial charge in [0.25, 0.3) is 5.91 Å². The van der Waals surface area contributed by atoms with Crippen LogP contribution in [-0.2, 0) is 0 Å². The van der Waals surface area contributed by atoms with E-state index in [1.807, 2.05) is 0 Å². The highest BCUT2D eigenvalue weighted by Crippen LogP contribution is 2.09. The Labute approximate surface area is 141 Å². The minimum Gasteiger partial charge on any atom is -0.368 e. The average molecular weight is 344 g/mol. The predicted octanol–water partition coefficient (Wildman–Crippen LogP) is 1.78. The highest BCUT2D eigenvalue weighted by molar-refractivity contribution is 5.94. The molecule has 0 unspecified atom stereocenters. The van der Waals surface area contributed by atoms with Crippen LogP contribution in [0.15, 0.2) is 49.1 Å². The second-order valence-corrected chi connectivity index (χ2v) is 5.02. The molecule has 2 N–H and O–H groups in total. The molecule has 7 nitrogen and oxygen atoms in total. The average Bonchev–Trinajstić information content (AvgIpc) is 3.13. The first-order chi connectivity index (χ1) is 12.1. The fourth-order valence-electron chi connectivity index (χ4n) is 2.11. The van der Waals surface area contributed by atoms with E-state index in [1.165, 1.54) is 6.33 Å². The fourth-order valence-corrected chi connectivity index (χ4v) is 2.11. The van der Waals surface area contributed by atoms with Gasteiger partial charge in [0, 0.05) is 37.6 Å². The summed E-state index contributed by atoms with van der Waals surface area (Å²) in [5.41, 5.74) is -0.204. The van der Waals surface area contributed by atoms with E-state index in [-0.39, 0.29) is 12.1 Å². The number of hydrogen-bond donors (Lipinski definition) is 2. The van der Waals surface area contributed by atoms with Gasteiger partial charge in [-0.25, -0.2) is 23.4 Å². The van der Waals surface area contributed by atoms with Crippen LogP contribution in [0.1, 0.15) is 10.4 Å². The van der Waals surface area contributed by atoms with Crippen molar-refractivity contribution in [1.29, 1.82) is 0 Å². The van der Waals surface area contributed by atoms with E-state index < -0.39 is 17.5 Å². The van der Waals surface area contributed by atoms with Gasteiger partial charge >= 0.3 is 0 Å². The van der Waals surface area contributed by atoms with Gasteiger partial charge in [-0.3, -0.25) is 4.79 Å². The van der Waals surface area contributed by atoms with Crippen molar-refractivity contribution in [1.82, 2.24) is 25.1 Å². The Morgan fingerprint density at radius 2 is 2.04 bits per heavy atom. The number of amides is 1. The molecule has 0 radical (unpaired) electrons. The minimum absolute atomic E-state index is 0.204. The third kappa shape index (κ3) is 4.14. The molecule has 3 aromatic rings. The lowest BCUT2D eigenvalue weighted by atomic mass is 10.2. The van der Waals surface area contributed by atoms with Gasteiger partial charge < -0.3 is 10.6 Å². The summed E-state index contributed by atoms with van der Waals surface area (Å²) in [7, 11) is 0. The van der Waals surface area contributed by atoms with Gasteiger partial charge in [-0.15, -0.1) is 0 Å². The number of halogens is 2. The molecular formula is C16H14F2N6O. The van der Waals surface area contributed by atoms with Gasteiger partial charge in [0.05, 0.1) is 5.56 Å². The standard InChI is InChI=1S/C16H14F2N6O/c17-11-2-3-12(13(18)8-11)16(25)20-6-5-19-14-9-15(22-10-21-14)24-7-1-4-23-24/h1-4,7-10H,5-6H2,(H,20,25)(H,19,21,22). The number of rotatable bonds is 6. The van der Waals surface area contributed by atoms with Crippen LogP contribution in [0.25, 0.3) is 5.82 Å². The normalized spacial score (nSPS) is 10.5. The van der Waals surface area contributed by atoms with Crippen LogP contribution in [0.3, 0.4) is 0 Å². The molecule has 0 fully saturated rings. The summed E-state index contributed by atoms with van der Waals surface area (Å²) >= 11 is 0. The van der Waals surface area contributed by atoms with Crippen molar-refractivity contribution in [2.45, 2.75) is 0 Å². The molecule has 0 saturated carbocycles. The SMILES string of the molecule is O=C(NCCNc1cc(-n2cccn2)ncn1)c1ccc(F)cc1F. The molecular weight excluding hydrogens is 330 g/mol. The van der Waals surface area contributed by atoms with Crippen molar-refractivity contribution in [3.63, 3.8) is 0 Å². The van der Waals surface area contributed by atoms with Gasteiger partial charge in [-0.05, 0) is 18.2 Å². The van der Waals surface area contributed by atoms with Gasteiger partial charge in [-0.1, -0.05) is 0 Å². The Hall–Kier alpha value is -3.36. The molecule has 3 rings (SSSR count). The van der Waals surface area contributed by atoms with Gasteiger partial charge in [0.1, 0.15) is 23.8 Å². The predicted molar refractivity (Wildman–Crippen MR) is 86.3 cm³/mol. The molecule has 0 aliphatic heterocycles. The Kier molecular flexibility index (Phi) is 4.93. The lowest BCUT2D eigenvalue weighted by Crippen LogP contribution is -2.29. The zero-order valence-electron chi connectivity index (χ0n) is 13.0. The molecule has 1 amide bonds. The Balaban J connectivity index is 1.52. The summed E-state index contributed by atoms with van der Waals surface area (Å²) in [5, 5.41) is 9.64. The van der Waals surface area contributed by atoms with Crippen LogP contribution < -0.4 is 10.6 Å². The molecule has 0 atom stereocenters. The smallest absolute Gasteiger partial charge is 0.254 e. The lowest BCUT2D eigenvalue weighted by Gasteiger charge is -2.09. The number of carbonyl (C=O) groups is 1. The van der Waals surface area contributed by atoms with E-state index >= 15 is 0 Å². The van der Waals surface area contributed by atoms with Crippen LogP contribution in [0.4, 0.5) is 14.6 Å². The number of anilines is 1. The van der Waals surface area contributed by atoms with Crippen LogP contribution >= 0.6 is 0 Å². The molecule has 128 valence electrons. The Morgan fingerprint density at radius 3 is 2.80 bits per heavy atom. The number of nitrogens with zero attached hydrogens (tertiary/aromatic N) is 4. The molecule has 2 aromatic heterocycles. The van der Waals surface area contributed by atoms with Gasteiger partial charge in [-0.2, -0.15) is 5.10 Å². The number of benzene rings is 1. The summed E-state index contributed by atoms with van der Waals surface area (Å²) in [5.74, 6) is -1.08. The maximum absolute atomic E-state index is 13.5. The topological polar surface area (TPSA) is 84.7 Å². The third-order valence-electron chi connectivity index (χ3n) is 3.28. The highest BCUT2D eigenvalue weighted by Gasteiger charge is 2.11. The van der Waals surface area contributed by atoms with Gasteiger partial charge in [0.15, 0.2) is 5.82 Å². The highest BCUT2D eigenvalue weighted by atomic mass is 19.1. The molecule has 2 heterocycles. The van der Waals surface area contributed by atoms with E-state index in [1.54, 1.807) is 29.2 Å². The monoisotopic (exact) mass is 344 g/mol. The third-order valence-corrected chi connectivity index (χ3v) is 3.28. The van der Waals surface area contributed by atoms with Crippen molar-refractivity contribution in [3.8, 4) is 5.82 Å². The summed E-state index contributed by atoms with van der Waals surface area (Å²) in [4.78, 5) is 20.0. The summed E-state index contributed by atoms with van der Waals surface area (Å²) < 4.78 is 27.9. The Bertz CT molecular complexity index is 869. The summed E-state index contributed by atoms with van der Waals surface area (Å²) in [6.45, 7) is 0.598. The van der Waals surface area contributed by atoms with Gasteiger partial charge in [0.2, 0.25) is 0 Å². The van der Waals surface area contributed by atoms with E-state index in [0.29, 0.717) is 24.2 Å². The van der Waals surface area contributed by atoms with Crippen molar-refractivity contribution in [2.24, 2.45) is 0 Å². The zero-order chi connectivity index (χ0) is 17.6. The first-order valence-electron chi connectivity index (χ1n) is 7.42. The fraction of sp³-hybridized carbons (Fsp3) is 0.125. The van der Waals surface area contributed by atoms with Crippen molar-refractivity contribution in [3.05, 3.63) is 66.3 Å². The summed E-state index contributed by atoms with van der Waals surface area (Å²) in [6, 6.07) is 6.29. The van der Waals surface area contributed by atoms with E-state index in [0.717, 1.165) is 12.1 Å². The van der Waals surface area contributed by atoms with Crippen LogP contribution in [0, 0.1) is 11.6 Å². The first-order valence-corrected chi connectivity index (χ1v) is 7.42. The molecule has 9 heteroatoms. The maximum atomic E-state index is 13.5. The number of aromatic nitrogens is 4. The van der Waals surface area contributed by atoms with E-state index in [9.17, 15) is 13.6 Å².